The number of rotatable bonds is 3. The molecule has 4 heteroatoms. The molecule has 0 aliphatic carbocycles. The Morgan fingerprint density at radius 1 is 1.59 bits per heavy atom. The summed E-state index contributed by atoms with van der Waals surface area (Å²) in [4.78, 5) is 12.0. The van der Waals surface area contributed by atoms with E-state index in [-0.39, 0.29) is 5.91 Å². The second kappa shape index (κ2) is 4.75. The van der Waals surface area contributed by atoms with Crippen molar-refractivity contribution in [3.63, 3.8) is 0 Å². The van der Waals surface area contributed by atoms with Crippen molar-refractivity contribution < 1.29 is 9.53 Å². The number of nitrogens with one attached hydrogen (secondary N) is 1. The molecule has 1 atom stereocenters. The highest BCUT2D eigenvalue weighted by Gasteiger charge is 2.37. The molecule has 0 saturated carbocycles. The second-order valence-electron chi connectivity index (χ2n) is 4.61. The highest BCUT2D eigenvalue weighted by molar-refractivity contribution is 5.85. The van der Waals surface area contributed by atoms with E-state index in [0.717, 1.165) is 18.4 Å². The van der Waals surface area contributed by atoms with E-state index in [1.807, 2.05) is 31.2 Å². The number of ether oxygens (including phenoxy) is 1. The van der Waals surface area contributed by atoms with Gasteiger partial charge in [-0.15, -0.1) is 0 Å². The normalized spacial score (nSPS) is 23.6. The molecule has 92 valence electrons. The lowest BCUT2D eigenvalue weighted by Gasteiger charge is -2.21. The van der Waals surface area contributed by atoms with Crippen molar-refractivity contribution in [2.24, 2.45) is 0 Å². The lowest BCUT2D eigenvalue weighted by molar-refractivity contribution is -0.139. The molecular weight excluding hydrogens is 216 g/mol. The first-order valence-corrected chi connectivity index (χ1v) is 5.87. The first-order valence-electron chi connectivity index (χ1n) is 5.87. The van der Waals surface area contributed by atoms with Crippen LogP contribution >= 0.6 is 0 Å². The van der Waals surface area contributed by atoms with Crippen molar-refractivity contribution in [2.45, 2.75) is 31.9 Å². The van der Waals surface area contributed by atoms with Crippen LogP contribution in [0.25, 0.3) is 0 Å². The Labute approximate surface area is 101 Å². The van der Waals surface area contributed by atoms with Crippen LogP contribution in [0.5, 0.6) is 0 Å². The molecule has 17 heavy (non-hydrogen) atoms. The number of nitrogens with two attached hydrogens (primary N) is 1. The fourth-order valence-electron chi connectivity index (χ4n) is 2.03. The summed E-state index contributed by atoms with van der Waals surface area (Å²) < 4.78 is 5.48. The zero-order valence-corrected chi connectivity index (χ0v) is 10.0. The Balaban J connectivity index is 1.92. The van der Waals surface area contributed by atoms with Crippen LogP contribution in [0.3, 0.4) is 0 Å². The van der Waals surface area contributed by atoms with Gasteiger partial charge in [-0.1, -0.05) is 12.1 Å². The van der Waals surface area contributed by atoms with Crippen LogP contribution in [0.4, 0.5) is 5.69 Å². The Morgan fingerprint density at radius 3 is 3.06 bits per heavy atom. The van der Waals surface area contributed by atoms with E-state index in [1.54, 1.807) is 0 Å². The number of carbonyl (C=O) groups is 1. The third-order valence-corrected chi connectivity index (χ3v) is 3.10. The number of carbonyl (C=O) groups excluding carboxylic acids is 1. The monoisotopic (exact) mass is 234 g/mol. The zero-order valence-electron chi connectivity index (χ0n) is 10.0. The summed E-state index contributed by atoms with van der Waals surface area (Å²) in [6, 6.07) is 7.50. The Bertz CT molecular complexity index is 412. The molecule has 0 aromatic heterocycles. The molecule has 1 aliphatic rings. The van der Waals surface area contributed by atoms with Crippen LogP contribution < -0.4 is 11.1 Å². The summed E-state index contributed by atoms with van der Waals surface area (Å²) in [5.74, 6) is -0.0441. The predicted octanol–water partition coefficient (Wildman–Crippen LogP) is 1.45. The predicted molar refractivity (Wildman–Crippen MR) is 66.3 cm³/mol. The van der Waals surface area contributed by atoms with Crippen LogP contribution in [0.1, 0.15) is 25.3 Å². The second-order valence-corrected chi connectivity index (χ2v) is 4.61. The largest absolute Gasteiger partial charge is 0.399 e. The minimum Gasteiger partial charge on any atom is -0.399 e. The molecule has 4 nitrogen and oxygen atoms in total. The maximum absolute atomic E-state index is 12.0. The lowest BCUT2D eigenvalue weighted by atomic mass is 10.0. The van der Waals surface area contributed by atoms with Crippen LogP contribution in [0, 0.1) is 0 Å². The smallest absolute Gasteiger partial charge is 0.252 e. The fraction of sp³-hybridized carbons (Fsp3) is 0.462. The summed E-state index contributed by atoms with van der Waals surface area (Å²) in [5.41, 5.74) is 6.73. The van der Waals surface area contributed by atoms with Gasteiger partial charge in [0, 0.05) is 18.8 Å². The highest BCUT2D eigenvalue weighted by atomic mass is 16.5. The number of benzene rings is 1. The number of hydrogen-bond acceptors (Lipinski definition) is 3. The molecule has 0 spiro atoms. The molecular formula is C13H18N2O2. The van der Waals surface area contributed by atoms with Crippen LogP contribution in [0.15, 0.2) is 24.3 Å². The van der Waals surface area contributed by atoms with Gasteiger partial charge in [-0.3, -0.25) is 4.79 Å². The SMILES string of the molecule is CC1(C(=O)NCc2cccc(N)c2)CCCO1. The molecule has 0 radical (unpaired) electrons. The Morgan fingerprint density at radius 2 is 2.41 bits per heavy atom. The van der Waals surface area contributed by atoms with Crippen molar-refractivity contribution >= 4 is 11.6 Å². The van der Waals surface area contributed by atoms with E-state index in [2.05, 4.69) is 5.32 Å². The fourth-order valence-corrected chi connectivity index (χ4v) is 2.03. The van der Waals surface area contributed by atoms with Gasteiger partial charge in [-0.05, 0) is 37.5 Å². The number of hydrogen-bond donors (Lipinski definition) is 2. The van der Waals surface area contributed by atoms with E-state index in [4.69, 9.17) is 10.5 Å². The van der Waals surface area contributed by atoms with Crippen LogP contribution in [-0.4, -0.2) is 18.1 Å². The van der Waals surface area contributed by atoms with Gasteiger partial charge in [0.25, 0.3) is 5.91 Å². The average Bonchev–Trinajstić information content (AvgIpc) is 2.74. The summed E-state index contributed by atoms with van der Waals surface area (Å²) in [7, 11) is 0. The van der Waals surface area contributed by atoms with Crippen molar-refractivity contribution in [3.05, 3.63) is 29.8 Å². The first kappa shape index (κ1) is 11.9. The van der Waals surface area contributed by atoms with Gasteiger partial charge in [0.2, 0.25) is 0 Å². The molecule has 1 amide bonds. The summed E-state index contributed by atoms with van der Waals surface area (Å²) in [6.07, 6.45) is 1.73. The van der Waals surface area contributed by atoms with E-state index in [1.165, 1.54) is 0 Å². The average molecular weight is 234 g/mol. The minimum absolute atomic E-state index is 0.0441. The molecule has 1 aromatic carbocycles. The summed E-state index contributed by atoms with van der Waals surface area (Å²) >= 11 is 0. The Kier molecular flexibility index (Phi) is 3.33. The molecule has 1 unspecified atom stereocenters. The molecule has 1 fully saturated rings. The van der Waals surface area contributed by atoms with Gasteiger partial charge in [0.05, 0.1) is 0 Å². The van der Waals surface area contributed by atoms with Gasteiger partial charge in [0.1, 0.15) is 5.60 Å². The van der Waals surface area contributed by atoms with Gasteiger partial charge in [-0.25, -0.2) is 0 Å². The maximum atomic E-state index is 12.0. The van der Waals surface area contributed by atoms with Gasteiger partial charge >= 0.3 is 0 Å². The maximum Gasteiger partial charge on any atom is 0.252 e. The summed E-state index contributed by atoms with van der Waals surface area (Å²) in [6.45, 7) is 3.00. The van der Waals surface area contributed by atoms with Crippen LogP contribution in [-0.2, 0) is 16.1 Å². The Hall–Kier alpha value is -1.55. The molecule has 1 aliphatic heterocycles. The third-order valence-electron chi connectivity index (χ3n) is 3.10. The lowest BCUT2D eigenvalue weighted by Crippen LogP contribution is -2.43. The molecule has 1 saturated heterocycles. The quantitative estimate of drug-likeness (QED) is 0.778. The number of anilines is 1. The molecule has 1 heterocycles. The molecule has 2 rings (SSSR count). The zero-order chi connectivity index (χ0) is 12.3. The first-order chi connectivity index (χ1) is 8.10. The standard InChI is InChI=1S/C13H18N2O2/c1-13(6-3-7-17-13)12(16)15-9-10-4-2-5-11(14)8-10/h2,4-5,8H,3,6-7,9,14H2,1H3,(H,15,16). The third kappa shape index (κ3) is 2.77. The van der Waals surface area contributed by atoms with E-state index >= 15 is 0 Å². The topological polar surface area (TPSA) is 64.4 Å². The van der Waals surface area contributed by atoms with Gasteiger partial charge in [0.15, 0.2) is 0 Å². The van der Waals surface area contributed by atoms with Gasteiger partial charge in [-0.2, -0.15) is 0 Å². The van der Waals surface area contributed by atoms with Crippen molar-refractivity contribution in [1.82, 2.24) is 5.32 Å². The molecule has 1 aromatic rings. The van der Waals surface area contributed by atoms with E-state index < -0.39 is 5.60 Å². The molecule has 0 bridgehead atoms. The van der Waals surface area contributed by atoms with E-state index in [0.29, 0.717) is 18.8 Å². The van der Waals surface area contributed by atoms with E-state index in [9.17, 15) is 4.79 Å². The number of nitrogen functional groups attached to an aromatic ring is 1. The van der Waals surface area contributed by atoms with Crippen molar-refractivity contribution in [1.29, 1.82) is 0 Å². The summed E-state index contributed by atoms with van der Waals surface area (Å²) in [5, 5.41) is 2.89. The van der Waals surface area contributed by atoms with Crippen LogP contribution in [0.2, 0.25) is 0 Å². The van der Waals surface area contributed by atoms with Gasteiger partial charge < -0.3 is 15.8 Å². The number of amides is 1. The molecule has 3 N–H and O–H groups in total. The van der Waals surface area contributed by atoms with Crippen molar-refractivity contribution in [2.75, 3.05) is 12.3 Å². The minimum atomic E-state index is -0.652. The highest BCUT2D eigenvalue weighted by Crippen LogP contribution is 2.25. The van der Waals surface area contributed by atoms with Crippen molar-refractivity contribution in [3.8, 4) is 0 Å².